The second kappa shape index (κ2) is 2.29. The van der Waals surface area contributed by atoms with Crippen LogP contribution in [-0.4, -0.2) is 15.3 Å². The van der Waals surface area contributed by atoms with Gasteiger partial charge in [0, 0.05) is 12.6 Å². The molecule has 0 fully saturated rings. The van der Waals surface area contributed by atoms with E-state index in [1.54, 1.807) is 0 Å². The summed E-state index contributed by atoms with van der Waals surface area (Å²) >= 11 is 10.9. The van der Waals surface area contributed by atoms with Gasteiger partial charge in [-0.05, 0) is 6.08 Å². The van der Waals surface area contributed by atoms with Gasteiger partial charge in [-0.25, -0.2) is 4.99 Å². The molecular formula is C5H5Cl2NO. The van der Waals surface area contributed by atoms with Crippen LogP contribution in [0.25, 0.3) is 0 Å². The molecule has 0 radical (unpaired) electrons. The van der Waals surface area contributed by atoms with Crippen LogP contribution >= 0.6 is 23.2 Å². The third-order valence-corrected chi connectivity index (χ3v) is 1.43. The van der Waals surface area contributed by atoms with Crippen LogP contribution in [0.2, 0.25) is 0 Å². The lowest BCUT2D eigenvalue weighted by Gasteiger charge is -2.16. The fourth-order valence-corrected chi connectivity index (χ4v) is 1.05. The topological polar surface area (TPSA) is 32.6 Å². The molecule has 0 aromatic heterocycles. The number of nitrogens with zero attached hydrogens (tertiary/aromatic N) is 1. The molecule has 0 aromatic rings. The molecule has 0 amide bonds. The number of rotatable bonds is 0. The van der Waals surface area contributed by atoms with Crippen LogP contribution in [0, 0.1) is 0 Å². The summed E-state index contributed by atoms with van der Waals surface area (Å²) in [4.78, 5) is 3.68. The fourth-order valence-electron chi connectivity index (χ4n) is 0.542. The molecule has 9 heavy (non-hydrogen) atoms. The summed E-state index contributed by atoms with van der Waals surface area (Å²) in [6, 6.07) is 0. The van der Waals surface area contributed by atoms with Crippen molar-refractivity contribution in [3.8, 4) is 0 Å². The molecule has 0 saturated carbocycles. The molecule has 4 heteroatoms. The maximum absolute atomic E-state index is 9.06. The Morgan fingerprint density at radius 2 is 2.44 bits per heavy atom. The monoisotopic (exact) mass is 165 g/mol. The summed E-state index contributed by atoms with van der Waals surface area (Å²) in [7, 11) is 0. The van der Waals surface area contributed by atoms with Crippen LogP contribution in [0.15, 0.2) is 17.3 Å². The van der Waals surface area contributed by atoms with Crippen molar-refractivity contribution in [3.63, 3.8) is 0 Å². The van der Waals surface area contributed by atoms with Crippen molar-refractivity contribution in [2.24, 2.45) is 4.99 Å². The zero-order valence-electron chi connectivity index (χ0n) is 4.51. The lowest BCUT2D eigenvalue weighted by Crippen LogP contribution is -2.21. The van der Waals surface area contributed by atoms with E-state index in [0.29, 0.717) is 5.17 Å². The first-order chi connectivity index (χ1) is 4.10. The highest BCUT2D eigenvalue weighted by molar-refractivity contribution is 6.66. The van der Waals surface area contributed by atoms with Crippen molar-refractivity contribution in [2.45, 2.75) is 11.5 Å². The summed E-state index contributed by atoms with van der Waals surface area (Å²) < 4.78 is 0. The maximum atomic E-state index is 9.06. The molecule has 0 aliphatic carbocycles. The average Bonchev–Trinajstić information content (AvgIpc) is 1.60. The molecular weight excluding hydrogens is 161 g/mol. The Hall–Kier alpha value is -0.0500. The van der Waals surface area contributed by atoms with E-state index >= 15 is 0 Å². The average molecular weight is 166 g/mol. The van der Waals surface area contributed by atoms with Gasteiger partial charge in [-0.15, -0.1) is 0 Å². The van der Waals surface area contributed by atoms with E-state index in [1.165, 1.54) is 12.3 Å². The Balaban J connectivity index is 2.73. The second-order valence-corrected chi connectivity index (χ2v) is 2.91. The van der Waals surface area contributed by atoms with Crippen LogP contribution in [0.1, 0.15) is 6.42 Å². The summed E-state index contributed by atoms with van der Waals surface area (Å²) in [6.07, 6.45) is 2.96. The molecule has 1 unspecified atom stereocenters. The van der Waals surface area contributed by atoms with Gasteiger partial charge in [0.25, 0.3) is 0 Å². The van der Waals surface area contributed by atoms with Gasteiger partial charge < -0.3 is 5.11 Å². The van der Waals surface area contributed by atoms with Gasteiger partial charge in [0.2, 0.25) is 0 Å². The molecule has 1 N–H and O–H groups in total. The summed E-state index contributed by atoms with van der Waals surface area (Å²) in [5.74, 6) is 0. The quantitative estimate of drug-likeness (QED) is 0.543. The largest absolute Gasteiger partial charge is 0.371 e. The predicted molar refractivity (Wildman–Crippen MR) is 37.8 cm³/mol. The Morgan fingerprint density at radius 1 is 1.78 bits per heavy atom. The lowest BCUT2D eigenvalue weighted by molar-refractivity contribution is 0.187. The van der Waals surface area contributed by atoms with Crippen LogP contribution in [0.5, 0.6) is 0 Å². The minimum Gasteiger partial charge on any atom is -0.371 e. The second-order valence-electron chi connectivity index (χ2n) is 1.82. The molecule has 1 atom stereocenters. The molecule has 1 aliphatic rings. The van der Waals surface area contributed by atoms with E-state index < -0.39 is 5.06 Å². The molecule has 0 aromatic carbocycles. The molecule has 1 rings (SSSR count). The van der Waals surface area contributed by atoms with Crippen LogP contribution in [-0.2, 0) is 0 Å². The number of hydrogen-bond donors (Lipinski definition) is 1. The maximum Gasteiger partial charge on any atom is 0.165 e. The van der Waals surface area contributed by atoms with Crippen molar-refractivity contribution in [3.05, 3.63) is 12.3 Å². The predicted octanol–water partition coefficient (Wildman–Crippen LogP) is 1.47. The number of hydrogen-bond acceptors (Lipinski definition) is 2. The Morgan fingerprint density at radius 3 is 2.78 bits per heavy atom. The third kappa shape index (κ3) is 1.97. The highest BCUT2D eigenvalue weighted by atomic mass is 35.5. The van der Waals surface area contributed by atoms with Gasteiger partial charge in [0.15, 0.2) is 5.06 Å². The van der Waals surface area contributed by atoms with Gasteiger partial charge in [-0.3, -0.25) is 0 Å². The van der Waals surface area contributed by atoms with E-state index in [9.17, 15) is 0 Å². The van der Waals surface area contributed by atoms with Crippen LogP contribution in [0.4, 0.5) is 0 Å². The van der Waals surface area contributed by atoms with Crippen LogP contribution in [0.3, 0.4) is 0 Å². The normalized spacial score (nSPS) is 34.3. The van der Waals surface area contributed by atoms with E-state index in [-0.39, 0.29) is 6.42 Å². The minimum absolute atomic E-state index is 0.187. The Kier molecular flexibility index (Phi) is 1.80. The zero-order chi connectivity index (χ0) is 6.91. The van der Waals surface area contributed by atoms with Crippen molar-refractivity contribution < 1.29 is 5.11 Å². The van der Waals surface area contributed by atoms with E-state index in [0.717, 1.165) is 0 Å². The first-order valence-electron chi connectivity index (χ1n) is 2.41. The standard InChI is InChI=1S/C5H5Cl2NO/c6-4-3-5(7,9)1-2-8-4/h1-2,9H,3H2. The number of halogens is 2. The minimum atomic E-state index is -1.32. The SMILES string of the molecule is OC1(Cl)C=CN=C(Cl)C1. The van der Waals surface area contributed by atoms with Gasteiger partial charge >= 0.3 is 0 Å². The van der Waals surface area contributed by atoms with Crippen molar-refractivity contribution in [2.75, 3.05) is 0 Å². The van der Waals surface area contributed by atoms with Gasteiger partial charge in [-0.1, -0.05) is 23.2 Å². The Bertz CT molecular complexity index is 174. The summed E-state index contributed by atoms with van der Waals surface area (Å²) in [6.45, 7) is 0. The lowest BCUT2D eigenvalue weighted by atomic mass is 10.2. The first kappa shape index (κ1) is 7.06. The molecule has 2 nitrogen and oxygen atoms in total. The van der Waals surface area contributed by atoms with E-state index in [1.807, 2.05) is 0 Å². The van der Waals surface area contributed by atoms with E-state index in [2.05, 4.69) is 4.99 Å². The fraction of sp³-hybridized carbons (Fsp3) is 0.400. The summed E-state index contributed by atoms with van der Waals surface area (Å²) in [5, 5.41) is 8.07. The number of aliphatic imine (C=N–C) groups is 1. The smallest absolute Gasteiger partial charge is 0.165 e. The number of alkyl halides is 1. The van der Waals surface area contributed by atoms with Crippen molar-refractivity contribution in [1.82, 2.24) is 0 Å². The van der Waals surface area contributed by atoms with Crippen molar-refractivity contribution >= 4 is 28.4 Å². The van der Waals surface area contributed by atoms with Crippen LogP contribution < -0.4 is 0 Å². The van der Waals surface area contributed by atoms with E-state index in [4.69, 9.17) is 28.3 Å². The third-order valence-electron chi connectivity index (χ3n) is 0.938. The zero-order valence-corrected chi connectivity index (χ0v) is 6.02. The van der Waals surface area contributed by atoms with Gasteiger partial charge in [0.1, 0.15) is 5.17 Å². The van der Waals surface area contributed by atoms with Gasteiger partial charge in [0.05, 0.1) is 0 Å². The Labute approximate surface area is 62.8 Å². The number of aliphatic hydroxyl groups is 1. The first-order valence-corrected chi connectivity index (χ1v) is 3.17. The molecule has 1 aliphatic heterocycles. The molecule has 0 bridgehead atoms. The molecule has 1 heterocycles. The van der Waals surface area contributed by atoms with Gasteiger partial charge in [-0.2, -0.15) is 0 Å². The highest BCUT2D eigenvalue weighted by Crippen LogP contribution is 2.22. The molecule has 50 valence electrons. The highest BCUT2D eigenvalue weighted by Gasteiger charge is 2.23. The van der Waals surface area contributed by atoms with Crippen molar-refractivity contribution in [1.29, 1.82) is 0 Å². The molecule has 0 spiro atoms. The summed E-state index contributed by atoms with van der Waals surface area (Å²) in [5.41, 5.74) is 0. The molecule has 0 saturated heterocycles.